The lowest BCUT2D eigenvalue weighted by Crippen LogP contribution is -1.99. The molecule has 2 aromatic rings. The van der Waals surface area contributed by atoms with Crippen molar-refractivity contribution in [3.63, 3.8) is 0 Å². The van der Waals surface area contributed by atoms with E-state index in [1.54, 1.807) is 6.07 Å². The molecule has 0 aliphatic carbocycles. The number of H-pyrrole nitrogens is 1. The van der Waals surface area contributed by atoms with Gasteiger partial charge in [0.15, 0.2) is 12.4 Å². The molecule has 0 bridgehead atoms. The lowest BCUT2D eigenvalue weighted by Gasteiger charge is -2.05. The third kappa shape index (κ3) is 1.57. The maximum atomic E-state index is 5.50. The molecule has 0 radical (unpaired) electrons. The summed E-state index contributed by atoms with van der Waals surface area (Å²) in [6.45, 7) is 0.672. The van der Waals surface area contributed by atoms with Gasteiger partial charge in [0, 0.05) is 5.56 Å². The second-order valence-electron chi connectivity index (χ2n) is 3.21. The highest BCUT2D eigenvalue weighted by atomic mass is 17.2. The molecule has 0 spiro atoms. The molecular formula is C9H8N4O3. The normalized spacial score (nSPS) is 13.2. The molecule has 1 aliphatic rings. The van der Waals surface area contributed by atoms with Crippen molar-refractivity contribution in [1.82, 2.24) is 20.6 Å². The Balaban J connectivity index is 1.78. The van der Waals surface area contributed by atoms with Crippen LogP contribution in [0, 0.1) is 0 Å². The Morgan fingerprint density at radius 2 is 2.44 bits per heavy atom. The number of aromatic nitrogens is 4. The van der Waals surface area contributed by atoms with E-state index in [1.165, 1.54) is 0 Å². The van der Waals surface area contributed by atoms with E-state index < -0.39 is 0 Å². The van der Waals surface area contributed by atoms with Crippen LogP contribution in [0.5, 0.6) is 11.5 Å². The summed E-state index contributed by atoms with van der Waals surface area (Å²) in [7, 11) is 0. The molecule has 1 aromatic heterocycles. The first-order chi connectivity index (χ1) is 7.93. The highest BCUT2D eigenvalue weighted by Gasteiger charge is 2.19. The van der Waals surface area contributed by atoms with Gasteiger partial charge in [0.1, 0.15) is 6.61 Å². The average molecular weight is 220 g/mol. The van der Waals surface area contributed by atoms with Crippen molar-refractivity contribution in [1.29, 1.82) is 0 Å². The van der Waals surface area contributed by atoms with Gasteiger partial charge in [-0.2, -0.15) is 10.1 Å². The number of hydrogen-bond donors (Lipinski definition) is 1. The molecule has 1 aliphatic heterocycles. The van der Waals surface area contributed by atoms with Gasteiger partial charge in [-0.1, -0.05) is 17.3 Å². The molecule has 7 nitrogen and oxygen atoms in total. The van der Waals surface area contributed by atoms with Gasteiger partial charge < -0.3 is 9.62 Å². The molecule has 0 unspecified atom stereocenters. The Bertz CT molecular complexity index is 486. The molecule has 16 heavy (non-hydrogen) atoms. The fourth-order valence-electron chi connectivity index (χ4n) is 1.42. The molecule has 2 heterocycles. The number of ether oxygens (including phenoxy) is 1. The van der Waals surface area contributed by atoms with E-state index >= 15 is 0 Å². The fourth-order valence-corrected chi connectivity index (χ4v) is 1.42. The van der Waals surface area contributed by atoms with Crippen molar-refractivity contribution in [2.45, 2.75) is 13.2 Å². The average Bonchev–Trinajstić information content (AvgIpc) is 2.97. The van der Waals surface area contributed by atoms with Crippen LogP contribution >= 0.6 is 0 Å². The van der Waals surface area contributed by atoms with Crippen molar-refractivity contribution in [3.05, 3.63) is 29.6 Å². The van der Waals surface area contributed by atoms with Crippen LogP contribution in [0.4, 0.5) is 0 Å². The number of hydrogen-bond acceptors (Lipinski definition) is 6. The van der Waals surface area contributed by atoms with Gasteiger partial charge in [-0.15, -0.1) is 10.2 Å². The van der Waals surface area contributed by atoms with Crippen LogP contribution < -0.4 is 9.62 Å². The maximum absolute atomic E-state index is 5.50. The molecule has 3 rings (SSSR count). The third-order valence-electron chi connectivity index (χ3n) is 2.16. The summed E-state index contributed by atoms with van der Waals surface area (Å²) in [6.07, 6.45) is 0. The Kier molecular flexibility index (Phi) is 2.15. The van der Waals surface area contributed by atoms with Gasteiger partial charge in [0.25, 0.3) is 0 Å². The minimum Gasteiger partial charge on any atom is -0.481 e. The Hall–Kier alpha value is -2.15. The first-order valence-corrected chi connectivity index (χ1v) is 4.70. The summed E-state index contributed by atoms with van der Waals surface area (Å²) in [5.41, 5.74) is 0.964. The van der Waals surface area contributed by atoms with E-state index in [0.29, 0.717) is 23.9 Å². The first kappa shape index (κ1) is 9.10. The van der Waals surface area contributed by atoms with E-state index in [0.717, 1.165) is 5.56 Å². The van der Waals surface area contributed by atoms with Gasteiger partial charge in [0.05, 0.1) is 0 Å². The number of para-hydroxylation sites is 1. The largest absolute Gasteiger partial charge is 0.481 e. The minimum atomic E-state index is 0.232. The molecule has 0 saturated heterocycles. The van der Waals surface area contributed by atoms with Gasteiger partial charge >= 0.3 is 0 Å². The fraction of sp³-hybridized carbons (Fsp3) is 0.222. The van der Waals surface area contributed by atoms with Crippen LogP contribution in [0.15, 0.2) is 18.2 Å². The van der Waals surface area contributed by atoms with Gasteiger partial charge in [-0.25, -0.2) is 0 Å². The second kappa shape index (κ2) is 3.78. The van der Waals surface area contributed by atoms with Crippen molar-refractivity contribution in [3.8, 4) is 11.5 Å². The smallest absolute Gasteiger partial charge is 0.212 e. The highest BCUT2D eigenvalue weighted by molar-refractivity contribution is 5.47. The molecule has 0 amide bonds. The molecule has 0 fully saturated rings. The Morgan fingerprint density at radius 1 is 1.44 bits per heavy atom. The second-order valence-corrected chi connectivity index (χ2v) is 3.21. The van der Waals surface area contributed by atoms with Crippen molar-refractivity contribution < 1.29 is 14.5 Å². The zero-order valence-corrected chi connectivity index (χ0v) is 8.21. The summed E-state index contributed by atoms with van der Waals surface area (Å²) in [5.74, 6) is 1.71. The van der Waals surface area contributed by atoms with Crippen LogP contribution in [0.25, 0.3) is 0 Å². The molecule has 1 aromatic carbocycles. The Labute approximate surface area is 90.3 Å². The van der Waals surface area contributed by atoms with Crippen LogP contribution in [0.1, 0.15) is 11.4 Å². The summed E-state index contributed by atoms with van der Waals surface area (Å²) < 4.78 is 5.50. The van der Waals surface area contributed by atoms with Gasteiger partial charge in [0.2, 0.25) is 11.6 Å². The molecule has 0 saturated carbocycles. The highest BCUT2D eigenvalue weighted by Crippen LogP contribution is 2.36. The number of nitrogens with zero attached hydrogens (tertiary/aromatic N) is 3. The number of benzene rings is 1. The maximum Gasteiger partial charge on any atom is 0.212 e. The van der Waals surface area contributed by atoms with Crippen LogP contribution in [0.3, 0.4) is 0 Å². The predicted molar refractivity (Wildman–Crippen MR) is 50.4 cm³/mol. The standard InChI is InChI=1S/C9H8N4O3/c1-2-6-4-15-16-9(6)7(3-1)14-5-8-10-12-13-11-8/h1-3H,4-5H2,(H,10,11,12,13). The van der Waals surface area contributed by atoms with Crippen LogP contribution in [-0.4, -0.2) is 20.6 Å². The summed E-state index contributed by atoms with van der Waals surface area (Å²) in [5, 5.41) is 13.3. The van der Waals surface area contributed by atoms with Gasteiger partial charge in [-0.05, 0) is 6.07 Å². The molecule has 0 atom stereocenters. The third-order valence-corrected chi connectivity index (χ3v) is 2.16. The summed E-state index contributed by atoms with van der Waals surface area (Å²) in [6, 6.07) is 5.60. The zero-order valence-electron chi connectivity index (χ0n) is 8.21. The van der Waals surface area contributed by atoms with E-state index in [1.807, 2.05) is 12.1 Å². The Morgan fingerprint density at radius 3 is 3.31 bits per heavy atom. The molecule has 7 heteroatoms. The molecular weight excluding hydrogens is 212 g/mol. The number of aromatic amines is 1. The monoisotopic (exact) mass is 220 g/mol. The number of rotatable bonds is 3. The van der Waals surface area contributed by atoms with Gasteiger partial charge in [-0.3, -0.25) is 0 Å². The lowest BCUT2D eigenvalue weighted by molar-refractivity contribution is -0.195. The van der Waals surface area contributed by atoms with Crippen LogP contribution in [-0.2, 0) is 18.1 Å². The number of fused-ring (bicyclic) bond motifs is 1. The van der Waals surface area contributed by atoms with Crippen LogP contribution in [0.2, 0.25) is 0 Å². The summed E-state index contributed by atoms with van der Waals surface area (Å²) >= 11 is 0. The minimum absolute atomic E-state index is 0.232. The number of nitrogens with one attached hydrogen (secondary N) is 1. The predicted octanol–water partition coefficient (Wildman–Crippen LogP) is 0.603. The first-order valence-electron chi connectivity index (χ1n) is 4.70. The number of tetrazole rings is 1. The van der Waals surface area contributed by atoms with E-state index in [4.69, 9.17) is 14.5 Å². The van der Waals surface area contributed by atoms with Crippen molar-refractivity contribution in [2.24, 2.45) is 0 Å². The van der Waals surface area contributed by atoms with E-state index in [9.17, 15) is 0 Å². The van der Waals surface area contributed by atoms with E-state index in [-0.39, 0.29) is 6.61 Å². The lowest BCUT2D eigenvalue weighted by atomic mass is 10.2. The SMILES string of the molecule is c1cc2c(c(OCc3nn[nH]n3)c1)OOC2. The summed E-state index contributed by atoms with van der Waals surface area (Å²) in [4.78, 5) is 9.87. The zero-order chi connectivity index (χ0) is 10.8. The molecule has 82 valence electrons. The van der Waals surface area contributed by atoms with E-state index in [2.05, 4.69) is 20.6 Å². The van der Waals surface area contributed by atoms with Crippen molar-refractivity contribution in [2.75, 3.05) is 0 Å². The van der Waals surface area contributed by atoms with Crippen molar-refractivity contribution >= 4 is 0 Å². The topological polar surface area (TPSA) is 82.2 Å². The molecule has 1 N–H and O–H groups in total. The quantitative estimate of drug-likeness (QED) is 0.763.